The number of carbonyl (C=O) groups is 1. The second-order valence-corrected chi connectivity index (χ2v) is 8.67. The van der Waals surface area contributed by atoms with Crippen LogP contribution < -0.4 is 20.7 Å². The number of hydrogen-bond acceptors (Lipinski definition) is 4. The molecule has 2 saturated carbocycles. The summed E-state index contributed by atoms with van der Waals surface area (Å²) >= 11 is 1.96. The van der Waals surface area contributed by atoms with Crippen LogP contribution in [0.25, 0.3) is 0 Å². The van der Waals surface area contributed by atoms with Crippen LogP contribution in [0, 0.1) is 0 Å². The van der Waals surface area contributed by atoms with Crippen LogP contribution in [-0.4, -0.2) is 55.7 Å². The molecule has 2 unspecified atom stereocenters. The fourth-order valence-electron chi connectivity index (χ4n) is 3.40. The molecule has 2 fully saturated rings. The van der Waals surface area contributed by atoms with Crippen molar-refractivity contribution in [2.24, 2.45) is 4.99 Å². The minimum atomic E-state index is -0.0410. The van der Waals surface area contributed by atoms with Crippen LogP contribution in [0.4, 0.5) is 0 Å². The van der Waals surface area contributed by atoms with Gasteiger partial charge in [0.05, 0.1) is 0 Å². The SMILES string of the molecule is CN=C(NCCc1ccc(OCC(=O)NC2CC2)cc1)NC1CCC(SC)C1.I. The zero-order chi connectivity index (χ0) is 19.8. The van der Waals surface area contributed by atoms with Crippen molar-refractivity contribution in [1.29, 1.82) is 0 Å². The van der Waals surface area contributed by atoms with Gasteiger partial charge in [-0.25, -0.2) is 0 Å². The number of benzene rings is 1. The van der Waals surface area contributed by atoms with Crippen LogP contribution in [0.2, 0.25) is 0 Å². The van der Waals surface area contributed by atoms with Gasteiger partial charge in [-0.3, -0.25) is 9.79 Å². The van der Waals surface area contributed by atoms with E-state index in [0.717, 1.165) is 42.8 Å². The maximum atomic E-state index is 11.7. The summed E-state index contributed by atoms with van der Waals surface area (Å²) in [5.41, 5.74) is 1.22. The minimum Gasteiger partial charge on any atom is -0.484 e. The highest BCUT2D eigenvalue weighted by Gasteiger charge is 2.24. The first-order valence-corrected chi connectivity index (χ1v) is 11.5. The van der Waals surface area contributed by atoms with E-state index < -0.39 is 0 Å². The molecule has 2 aliphatic rings. The van der Waals surface area contributed by atoms with Crippen molar-refractivity contribution in [3.63, 3.8) is 0 Å². The molecular weight excluding hydrogens is 499 g/mol. The maximum Gasteiger partial charge on any atom is 0.258 e. The molecule has 0 aromatic heterocycles. The number of hydrogen-bond donors (Lipinski definition) is 3. The second-order valence-electron chi connectivity index (χ2n) is 7.54. The lowest BCUT2D eigenvalue weighted by Gasteiger charge is -2.17. The molecule has 0 saturated heterocycles. The topological polar surface area (TPSA) is 74.8 Å². The third-order valence-corrected chi connectivity index (χ3v) is 6.32. The number of halogens is 1. The van der Waals surface area contributed by atoms with E-state index in [2.05, 4.69) is 27.2 Å². The molecule has 3 rings (SSSR count). The van der Waals surface area contributed by atoms with Crippen molar-refractivity contribution in [1.82, 2.24) is 16.0 Å². The third kappa shape index (κ3) is 8.62. The average molecular weight is 532 g/mol. The van der Waals surface area contributed by atoms with Gasteiger partial charge in [0, 0.05) is 30.9 Å². The predicted molar refractivity (Wildman–Crippen MR) is 132 cm³/mol. The van der Waals surface area contributed by atoms with E-state index >= 15 is 0 Å². The number of nitrogens with one attached hydrogen (secondary N) is 3. The third-order valence-electron chi connectivity index (χ3n) is 5.22. The van der Waals surface area contributed by atoms with Gasteiger partial charge in [0.1, 0.15) is 5.75 Å². The molecule has 1 aromatic carbocycles. The Kier molecular flexibility index (Phi) is 10.4. The summed E-state index contributed by atoms with van der Waals surface area (Å²) in [6.07, 6.45) is 8.99. The quantitative estimate of drug-likeness (QED) is 0.259. The summed E-state index contributed by atoms with van der Waals surface area (Å²) in [4.78, 5) is 16.0. The van der Waals surface area contributed by atoms with Crippen LogP contribution in [-0.2, 0) is 11.2 Å². The second kappa shape index (κ2) is 12.5. The Morgan fingerprint density at radius 3 is 2.48 bits per heavy atom. The van der Waals surface area contributed by atoms with E-state index in [9.17, 15) is 4.79 Å². The van der Waals surface area contributed by atoms with Gasteiger partial charge in [-0.2, -0.15) is 11.8 Å². The Morgan fingerprint density at radius 2 is 1.86 bits per heavy atom. The minimum absolute atomic E-state index is 0. The fourth-order valence-corrected chi connectivity index (χ4v) is 4.19. The Labute approximate surface area is 195 Å². The molecule has 162 valence electrons. The highest BCUT2D eigenvalue weighted by atomic mass is 127. The van der Waals surface area contributed by atoms with Crippen molar-refractivity contribution in [3.05, 3.63) is 29.8 Å². The molecule has 0 aliphatic heterocycles. The zero-order valence-corrected chi connectivity index (χ0v) is 20.4. The van der Waals surface area contributed by atoms with Crippen LogP contribution in [0.3, 0.4) is 0 Å². The number of guanidine groups is 1. The number of aliphatic imine (C=N–C) groups is 1. The fraction of sp³-hybridized carbons (Fsp3) is 0.619. The first-order valence-electron chi connectivity index (χ1n) is 10.2. The van der Waals surface area contributed by atoms with Gasteiger partial charge in [0.25, 0.3) is 5.91 Å². The van der Waals surface area contributed by atoms with Crippen LogP contribution in [0.5, 0.6) is 5.75 Å². The molecule has 0 bridgehead atoms. The number of thioether (sulfide) groups is 1. The Hall–Kier alpha value is -1.16. The van der Waals surface area contributed by atoms with E-state index in [4.69, 9.17) is 4.74 Å². The number of carbonyl (C=O) groups excluding carboxylic acids is 1. The smallest absolute Gasteiger partial charge is 0.258 e. The molecule has 0 spiro atoms. The Bertz CT molecular complexity index is 667. The van der Waals surface area contributed by atoms with E-state index in [1.54, 1.807) is 0 Å². The first kappa shape index (κ1) is 24.1. The van der Waals surface area contributed by atoms with Gasteiger partial charge in [0.2, 0.25) is 0 Å². The standard InChI is InChI=1S/C21H32N4O2S.HI/c1-22-21(25-17-7-10-19(13-17)28-2)23-12-11-15-3-8-18(9-4-15)27-14-20(26)24-16-5-6-16;/h3-4,8-9,16-17,19H,5-7,10-14H2,1-2H3,(H,24,26)(H2,22,23,25);1H. The van der Waals surface area contributed by atoms with Crippen molar-refractivity contribution in [2.75, 3.05) is 26.5 Å². The number of nitrogens with zero attached hydrogens (tertiary/aromatic N) is 1. The van der Waals surface area contributed by atoms with Gasteiger partial charge in [-0.15, -0.1) is 24.0 Å². The number of ether oxygens (including phenoxy) is 1. The molecule has 2 atom stereocenters. The number of amides is 1. The summed E-state index contributed by atoms with van der Waals surface area (Å²) in [6.45, 7) is 0.903. The summed E-state index contributed by atoms with van der Waals surface area (Å²) in [7, 11) is 1.82. The van der Waals surface area contributed by atoms with Crippen LogP contribution in [0.1, 0.15) is 37.7 Å². The molecule has 29 heavy (non-hydrogen) atoms. The lowest BCUT2D eigenvalue weighted by atomic mass is 10.1. The van der Waals surface area contributed by atoms with Gasteiger partial charge < -0.3 is 20.7 Å². The summed E-state index contributed by atoms with van der Waals surface area (Å²) in [5, 5.41) is 10.6. The van der Waals surface area contributed by atoms with Crippen LogP contribution in [0.15, 0.2) is 29.3 Å². The highest BCUT2D eigenvalue weighted by molar-refractivity contribution is 14.0. The van der Waals surface area contributed by atoms with Crippen molar-refractivity contribution < 1.29 is 9.53 Å². The van der Waals surface area contributed by atoms with Crippen molar-refractivity contribution in [3.8, 4) is 5.75 Å². The lowest BCUT2D eigenvalue weighted by molar-refractivity contribution is -0.123. The van der Waals surface area contributed by atoms with E-state index in [1.807, 2.05) is 43.1 Å². The average Bonchev–Trinajstić information content (AvgIpc) is 3.41. The molecule has 1 amide bonds. The van der Waals surface area contributed by atoms with Crippen molar-refractivity contribution >= 4 is 47.6 Å². The highest BCUT2D eigenvalue weighted by Crippen LogP contribution is 2.28. The Balaban J connectivity index is 0.00000300. The normalized spacial score (nSPS) is 21.2. The largest absolute Gasteiger partial charge is 0.484 e. The van der Waals surface area contributed by atoms with Gasteiger partial charge >= 0.3 is 0 Å². The van der Waals surface area contributed by atoms with E-state index in [1.165, 1.54) is 24.8 Å². The number of rotatable bonds is 9. The molecule has 0 heterocycles. The summed E-state index contributed by atoms with van der Waals surface area (Å²) in [6, 6.07) is 8.84. The molecule has 8 heteroatoms. The van der Waals surface area contributed by atoms with Crippen molar-refractivity contribution in [2.45, 2.75) is 55.9 Å². The lowest BCUT2D eigenvalue weighted by Crippen LogP contribution is -2.43. The molecule has 0 radical (unpaired) electrons. The zero-order valence-electron chi connectivity index (χ0n) is 17.3. The van der Waals surface area contributed by atoms with Gasteiger partial charge in [0.15, 0.2) is 12.6 Å². The van der Waals surface area contributed by atoms with Crippen LogP contribution >= 0.6 is 35.7 Å². The molecular formula is C21H33IN4O2S. The first-order chi connectivity index (χ1) is 13.7. The summed E-state index contributed by atoms with van der Waals surface area (Å²) in [5.74, 6) is 1.57. The van der Waals surface area contributed by atoms with Gasteiger partial charge in [-0.05, 0) is 62.5 Å². The molecule has 6 nitrogen and oxygen atoms in total. The van der Waals surface area contributed by atoms with Gasteiger partial charge in [-0.1, -0.05) is 12.1 Å². The predicted octanol–water partition coefficient (Wildman–Crippen LogP) is 2.95. The summed E-state index contributed by atoms with van der Waals surface area (Å²) < 4.78 is 5.55. The molecule has 3 N–H and O–H groups in total. The van der Waals surface area contributed by atoms with E-state index in [-0.39, 0.29) is 36.5 Å². The maximum absolute atomic E-state index is 11.7. The Morgan fingerprint density at radius 1 is 1.14 bits per heavy atom. The van der Waals surface area contributed by atoms with E-state index in [0.29, 0.717) is 12.1 Å². The monoisotopic (exact) mass is 532 g/mol. The molecule has 1 aromatic rings. The molecule has 2 aliphatic carbocycles.